The van der Waals surface area contributed by atoms with E-state index in [0.29, 0.717) is 26.2 Å². The van der Waals surface area contributed by atoms with Gasteiger partial charge < -0.3 is 18.9 Å². The van der Waals surface area contributed by atoms with Crippen molar-refractivity contribution in [1.82, 2.24) is 10.8 Å². The number of benzene rings is 1. The van der Waals surface area contributed by atoms with E-state index in [1.54, 1.807) is 7.11 Å². The van der Waals surface area contributed by atoms with E-state index in [1.807, 2.05) is 0 Å². The highest BCUT2D eigenvalue weighted by atomic mass is 32.2. The number of methoxy groups -OCH3 is 1. The van der Waals surface area contributed by atoms with Gasteiger partial charge in [-0.15, -0.1) is 0 Å². The van der Waals surface area contributed by atoms with Crippen molar-refractivity contribution in [3.63, 3.8) is 0 Å². The molecule has 11 nitrogen and oxygen atoms in total. The van der Waals surface area contributed by atoms with Gasteiger partial charge in [0.15, 0.2) is 20.9 Å². The van der Waals surface area contributed by atoms with Gasteiger partial charge in [0.1, 0.15) is 5.75 Å². The van der Waals surface area contributed by atoms with E-state index in [2.05, 4.69) is 10.8 Å². The number of hydrogen-bond acceptors (Lipinski definition) is 10. The van der Waals surface area contributed by atoms with Crippen molar-refractivity contribution in [3.8, 4) is 5.75 Å². The third-order valence-electron chi connectivity index (χ3n) is 6.25. The van der Waals surface area contributed by atoms with Gasteiger partial charge >= 0.3 is 5.97 Å². The van der Waals surface area contributed by atoms with Crippen LogP contribution in [-0.2, 0) is 38.5 Å². The molecule has 202 valence electrons. The number of carbonyl (C=O) groups excluding carboxylic acids is 2. The number of hydroxylamine groups is 1. The summed E-state index contributed by atoms with van der Waals surface area (Å²) >= 11 is 0. The molecule has 0 aromatic heterocycles. The Kier molecular flexibility index (Phi) is 11.1. The van der Waals surface area contributed by atoms with Crippen molar-refractivity contribution in [2.45, 2.75) is 67.3 Å². The maximum atomic E-state index is 13.7. The van der Waals surface area contributed by atoms with Gasteiger partial charge in [-0.05, 0) is 69.3 Å². The summed E-state index contributed by atoms with van der Waals surface area (Å²) in [5.41, 5.74) is 2.33. The van der Waals surface area contributed by atoms with E-state index in [9.17, 15) is 18.0 Å². The summed E-state index contributed by atoms with van der Waals surface area (Å²) in [5, 5.41) is 3.06. The summed E-state index contributed by atoms with van der Waals surface area (Å²) in [4.78, 5) is 30.6. The van der Waals surface area contributed by atoms with Gasteiger partial charge in [-0.1, -0.05) is 0 Å². The van der Waals surface area contributed by atoms with Crippen LogP contribution in [0.4, 0.5) is 0 Å². The molecule has 1 aromatic rings. The number of sulfone groups is 1. The smallest absolute Gasteiger partial charge is 0.311 e. The molecule has 2 aliphatic rings. The Morgan fingerprint density at radius 2 is 1.83 bits per heavy atom. The lowest BCUT2D eigenvalue weighted by molar-refractivity contribution is -0.202. The second-order valence-corrected chi connectivity index (χ2v) is 11.1. The minimum atomic E-state index is -4.12. The third kappa shape index (κ3) is 7.46. The second-order valence-electron chi connectivity index (χ2n) is 8.79. The summed E-state index contributed by atoms with van der Waals surface area (Å²) in [6, 6.07) is 5.54. The first-order valence-electron chi connectivity index (χ1n) is 12.3. The molecule has 0 aliphatic carbocycles. The number of nitrogens with one attached hydrogen (secondary N) is 2. The van der Waals surface area contributed by atoms with Crippen LogP contribution in [0.15, 0.2) is 29.2 Å². The molecule has 2 aliphatic heterocycles. The van der Waals surface area contributed by atoms with E-state index < -0.39 is 32.8 Å². The predicted molar refractivity (Wildman–Crippen MR) is 129 cm³/mol. The maximum Gasteiger partial charge on any atom is 0.311 e. The summed E-state index contributed by atoms with van der Waals surface area (Å²) in [6.45, 7) is 1.97. The normalized spacial score (nSPS) is 20.0. The quantitative estimate of drug-likeness (QED) is 0.128. The number of esters is 1. The first kappa shape index (κ1) is 28.5. The minimum Gasteiger partial charge on any atom is -0.427 e. The second kappa shape index (κ2) is 14.0. The first-order valence-corrected chi connectivity index (χ1v) is 13.8. The maximum absolute atomic E-state index is 13.7. The molecule has 2 fully saturated rings. The highest BCUT2D eigenvalue weighted by Crippen LogP contribution is 2.36. The zero-order chi connectivity index (χ0) is 25.9. The zero-order valence-corrected chi connectivity index (χ0v) is 21.5. The third-order valence-corrected chi connectivity index (χ3v) is 8.76. The average molecular weight is 529 g/mol. The molecule has 0 saturated carbocycles. The lowest BCUT2D eigenvalue weighted by atomic mass is 9.98. The van der Waals surface area contributed by atoms with Crippen molar-refractivity contribution >= 4 is 21.7 Å². The molecule has 12 heteroatoms. The van der Waals surface area contributed by atoms with Crippen LogP contribution in [0.5, 0.6) is 5.75 Å². The number of carbonyl (C=O) groups is 2. The fourth-order valence-electron chi connectivity index (χ4n) is 4.12. The van der Waals surface area contributed by atoms with Crippen LogP contribution in [0.2, 0.25) is 0 Å². The number of unbranched alkanes of at least 4 members (excludes halogenated alkanes) is 1. The molecule has 2 N–H and O–H groups in total. The fourth-order valence-corrected chi connectivity index (χ4v) is 6.06. The van der Waals surface area contributed by atoms with Crippen molar-refractivity contribution in [2.75, 3.05) is 40.2 Å². The van der Waals surface area contributed by atoms with Crippen molar-refractivity contribution in [2.24, 2.45) is 0 Å². The van der Waals surface area contributed by atoms with Crippen LogP contribution in [-0.4, -0.2) is 71.5 Å². The summed E-state index contributed by atoms with van der Waals surface area (Å²) in [5.74, 6) is -0.908. The minimum absolute atomic E-state index is 0.00791. The van der Waals surface area contributed by atoms with Crippen LogP contribution < -0.4 is 15.5 Å². The molecule has 1 unspecified atom stereocenters. The van der Waals surface area contributed by atoms with Gasteiger partial charge in [-0.25, -0.2) is 18.7 Å². The topological polar surface area (TPSA) is 138 Å². The Labute approximate surface area is 212 Å². The Morgan fingerprint density at radius 1 is 1.08 bits per heavy atom. The molecule has 0 spiro atoms. The van der Waals surface area contributed by atoms with Gasteiger partial charge in [-0.2, -0.15) is 0 Å². The molecule has 0 bridgehead atoms. The van der Waals surface area contributed by atoms with E-state index in [1.165, 1.54) is 24.3 Å². The molecule has 1 aromatic carbocycles. The van der Waals surface area contributed by atoms with Gasteiger partial charge in [0.05, 0.1) is 11.6 Å². The van der Waals surface area contributed by atoms with Gasteiger partial charge in [0.25, 0.3) is 5.91 Å². The van der Waals surface area contributed by atoms with E-state index in [0.717, 1.165) is 25.8 Å². The molecule has 3 rings (SSSR count). The van der Waals surface area contributed by atoms with Crippen molar-refractivity contribution in [1.29, 1.82) is 0 Å². The van der Waals surface area contributed by atoms with Gasteiger partial charge in [-0.3, -0.25) is 14.9 Å². The van der Waals surface area contributed by atoms with E-state index >= 15 is 0 Å². The Hall–Kier alpha value is -2.09. The van der Waals surface area contributed by atoms with Crippen molar-refractivity contribution in [3.05, 3.63) is 24.3 Å². The lowest BCUT2D eigenvalue weighted by Crippen LogP contribution is -2.56. The first-order chi connectivity index (χ1) is 17.4. The summed E-state index contributed by atoms with van der Waals surface area (Å²) in [7, 11) is -2.52. The number of amides is 1. The van der Waals surface area contributed by atoms with Crippen LogP contribution in [0.1, 0.15) is 51.4 Å². The fraction of sp³-hybridized carbons (Fsp3) is 0.667. The zero-order valence-electron chi connectivity index (χ0n) is 20.7. The van der Waals surface area contributed by atoms with Crippen molar-refractivity contribution < 1.29 is 41.8 Å². The van der Waals surface area contributed by atoms with Crippen LogP contribution in [0, 0.1) is 0 Å². The van der Waals surface area contributed by atoms with Crippen LogP contribution in [0.25, 0.3) is 0 Å². The number of rotatable bonds is 13. The molecule has 1 atom stereocenters. The Bertz CT molecular complexity index is 941. The molecule has 2 saturated heterocycles. The van der Waals surface area contributed by atoms with Gasteiger partial charge in [0.2, 0.25) is 0 Å². The highest BCUT2D eigenvalue weighted by molar-refractivity contribution is 7.93. The Morgan fingerprint density at radius 3 is 2.50 bits per heavy atom. The standard InChI is InChI=1S/C24H36N2O9S/c1-31-18-25-14-4-2-6-21(27)34-19-8-10-20(11-9-19)36(29,30)24(12-16-32-17-13-24)23(28)26-35-22-7-3-5-15-33-22/h8-11,22,25H,2-7,12-18H2,1H3,(H,26,28). The Balaban J connectivity index is 1.61. The number of ether oxygens (including phenoxy) is 4. The van der Waals surface area contributed by atoms with Crippen LogP contribution in [0.3, 0.4) is 0 Å². The largest absolute Gasteiger partial charge is 0.427 e. The lowest BCUT2D eigenvalue weighted by Gasteiger charge is -2.35. The SMILES string of the molecule is COCNCCCCC(=O)Oc1ccc(S(=O)(=O)C2(C(=O)NOC3CCCCO3)CCOCC2)cc1. The predicted octanol–water partition coefficient (Wildman–Crippen LogP) is 1.85. The summed E-state index contributed by atoms with van der Waals surface area (Å²) in [6.07, 6.45) is 3.50. The molecule has 2 heterocycles. The van der Waals surface area contributed by atoms with E-state index in [4.69, 9.17) is 23.8 Å². The molecule has 0 radical (unpaired) electrons. The highest BCUT2D eigenvalue weighted by Gasteiger charge is 2.52. The molecule has 1 amide bonds. The summed E-state index contributed by atoms with van der Waals surface area (Å²) < 4.78 is 46.6. The van der Waals surface area contributed by atoms with Crippen LogP contribution >= 0.6 is 0 Å². The molecular formula is C24H36N2O9S. The van der Waals surface area contributed by atoms with E-state index in [-0.39, 0.29) is 43.1 Å². The molecular weight excluding hydrogens is 492 g/mol. The monoisotopic (exact) mass is 528 g/mol. The van der Waals surface area contributed by atoms with Gasteiger partial charge in [0, 0.05) is 39.8 Å². The molecule has 36 heavy (non-hydrogen) atoms. The average Bonchev–Trinajstić information content (AvgIpc) is 2.90. The number of hydrogen-bond donors (Lipinski definition) is 2.